The first-order chi connectivity index (χ1) is 10.9. The van der Waals surface area contributed by atoms with Gasteiger partial charge in [-0.2, -0.15) is 0 Å². The van der Waals surface area contributed by atoms with Crippen LogP contribution in [0.3, 0.4) is 0 Å². The number of carbonyl (C=O) groups excluding carboxylic acids is 1. The van der Waals surface area contributed by atoms with Gasteiger partial charge in [0.05, 0.1) is 11.7 Å². The summed E-state index contributed by atoms with van der Waals surface area (Å²) >= 11 is 0. The zero-order valence-corrected chi connectivity index (χ0v) is 14.0. The quantitative estimate of drug-likeness (QED) is 0.936. The second-order valence-corrected chi connectivity index (χ2v) is 6.30. The molecular formula is C19H22N2O2. The highest BCUT2D eigenvalue weighted by Gasteiger charge is 2.40. The van der Waals surface area contributed by atoms with E-state index in [-0.39, 0.29) is 12.0 Å². The van der Waals surface area contributed by atoms with Crippen LogP contribution < -0.4 is 10.1 Å². The van der Waals surface area contributed by atoms with E-state index >= 15 is 0 Å². The first-order valence-corrected chi connectivity index (χ1v) is 7.84. The molecule has 23 heavy (non-hydrogen) atoms. The summed E-state index contributed by atoms with van der Waals surface area (Å²) in [7, 11) is 1.82. The zero-order valence-electron chi connectivity index (χ0n) is 14.0. The van der Waals surface area contributed by atoms with Crippen LogP contribution in [0.15, 0.2) is 48.5 Å². The van der Waals surface area contributed by atoms with Crippen LogP contribution in [0, 0.1) is 0 Å². The summed E-state index contributed by atoms with van der Waals surface area (Å²) in [5, 5.41) is 3.50. The minimum Gasteiger partial charge on any atom is -0.491 e. The Balaban J connectivity index is 2.03. The van der Waals surface area contributed by atoms with E-state index in [4.69, 9.17) is 4.74 Å². The number of hydrogen-bond acceptors (Lipinski definition) is 3. The molecule has 1 amide bonds. The van der Waals surface area contributed by atoms with Gasteiger partial charge in [0.15, 0.2) is 0 Å². The van der Waals surface area contributed by atoms with Crippen LogP contribution in [-0.4, -0.2) is 24.0 Å². The van der Waals surface area contributed by atoms with Gasteiger partial charge in [-0.25, -0.2) is 0 Å². The zero-order chi connectivity index (χ0) is 16.6. The van der Waals surface area contributed by atoms with E-state index in [1.54, 1.807) is 4.90 Å². The molecule has 0 spiro atoms. The molecule has 1 atom stereocenters. The van der Waals surface area contributed by atoms with Crippen molar-refractivity contribution < 1.29 is 9.53 Å². The Labute approximate surface area is 137 Å². The van der Waals surface area contributed by atoms with Gasteiger partial charge in [0.25, 0.3) is 5.91 Å². The number of ether oxygens (including phenoxy) is 1. The lowest BCUT2D eigenvalue weighted by molar-refractivity contribution is 0.0615. The average molecular weight is 310 g/mol. The maximum atomic E-state index is 12.7. The van der Waals surface area contributed by atoms with Crippen molar-refractivity contribution in [3.8, 4) is 5.75 Å². The van der Waals surface area contributed by atoms with Gasteiger partial charge >= 0.3 is 0 Å². The minimum atomic E-state index is -0.623. The third-order valence-electron chi connectivity index (χ3n) is 4.28. The van der Waals surface area contributed by atoms with Crippen molar-refractivity contribution in [1.29, 1.82) is 0 Å². The largest absolute Gasteiger partial charge is 0.491 e. The van der Waals surface area contributed by atoms with Gasteiger partial charge in [-0.1, -0.05) is 24.3 Å². The molecule has 1 aliphatic rings. The lowest BCUT2D eigenvalue weighted by Crippen LogP contribution is -2.53. The van der Waals surface area contributed by atoms with E-state index in [2.05, 4.69) is 5.32 Å². The van der Waals surface area contributed by atoms with Crippen molar-refractivity contribution in [2.45, 2.75) is 32.5 Å². The summed E-state index contributed by atoms with van der Waals surface area (Å²) in [4.78, 5) is 14.5. The molecule has 1 heterocycles. The Kier molecular flexibility index (Phi) is 3.76. The summed E-state index contributed by atoms with van der Waals surface area (Å²) < 4.78 is 5.79. The number of carbonyl (C=O) groups is 1. The molecule has 0 aromatic heterocycles. The topological polar surface area (TPSA) is 41.6 Å². The first-order valence-electron chi connectivity index (χ1n) is 7.84. The molecule has 3 rings (SSSR count). The number of para-hydroxylation sites is 1. The van der Waals surface area contributed by atoms with Crippen LogP contribution >= 0.6 is 0 Å². The Morgan fingerprint density at radius 3 is 2.61 bits per heavy atom. The fraction of sp³-hybridized carbons (Fsp3) is 0.316. The van der Waals surface area contributed by atoms with Gasteiger partial charge in [-0.15, -0.1) is 0 Å². The maximum Gasteiger partial charge on any atom is 0.257 e. The standard InChI is InChI=1S/C19H22N2O2/c1-13(2)23-15-9-7-8-14(12-15)19(3)20-17-11-6-5-10-16(17)18(22)21(19)4/h5-13,20H,1-4H3. The predicted molar refractivity (Wildman–Crippen MR) is 91.7 cm³/mol. The van der Waals surface area contributed by atoms with Crippen molar-refractivity contribution in [1.82, 2.24) is 4.90 Å². The Morgan fingerprint density at radius 2 is 1.87 bits per heavy atom. The van der Waals surface area contributed by atoms with Gasteiger partial charge in [0.2, 0.25) is 0 Å². The maximum absolute atomic E-state index is 12.7. The Morgan fingerprint density at radius 1 is 1.13 bits per heavy atom. The van der Waals surface area contributed by atoms with Gasteiger partial charge in [-0.3, -0.25) is 4.79 Å². The van der Waals surface area contributed by atoms with Crippen molar-refractivity contribution in [2.24, 2.45) is 0 Å². The summed E-state index contributed by atoms with van der Waals surface area (Å²) in [6, 6.07) is 15.5. The number of anilines is 1. The fourth-order valence-corrected chi connectivity index (χ4v) is 2.92. The summed E-state index contributed by atoms with van der Waals surface area (Å²) in [5.41, 5.74) is 1.92. The van der Waals surface area contributed by atoms with E-state index < -0.39 is 5.66 Å². The molecule has 120 valence electrons. The predicted octanol–water partition coefficient (Wildman–Crippen LogP) is 3.84. The molecule has 0 saturated heterocycles. The van der Waals surface area contributed by atoms with Crippen molar-refractivity contribution >= 4 is 11.6 Å². The molecule has 0 aliphatic carbocycles. The molecule has 4 nitrogen and oxygen atoms in total. The molecule has 0 saturated carbocycles. The van der Waals surface area contributed by atoms with Crippen molar-refractivity contribution in [3.63, 3.8) is 0 Å². The normalized spacial score (nSPS) is 20.2. The van der Waals surface area contributed by atoms with Crippen LogP contribution in [0.25, 0.3) is 0 Å². The highest BCUT2D eigenvalue weighted by Crippen LogP contribution is 2.37. The SMILES string of the molecule is CC(C)Oc1cccc(C2(C)Nc3ccccc3C(=O)N2C)c1. The number of fused-ring (bicyclic) bond motifs is 1. The number of hydrogen-bond donors (Lipinski definition) is 1. The molecule has 1 N–H and O–H groups in total. The summed E-state index contributed by atoms with van der Waals surface area (Å²) in [6.45, 7) is 6.01. The van der Waals surface area contributed by atoms with E-state index in [0.717, 1.165) is 17.0 Å². The van der Waals surface area contributed by atoms with Crippen molar-refractivity contribution in [3.05, 3.63) is 59.7 Å². The number of amides is 1. The summed E-state index contributed by atoms with van der Waals surface area (Å²) in [6.07, 6.45) is 0.109. The second-order valence-electron chi connectivity index (χ2n) is 6.30. The first kappa shape index (κ1) is 15.4. The van der Waals surface area contributed by atoms with E-state index in [9.17, 15) is 4.79 Å². The molecule has 4 heteroatoms. The Hall–Kier alpha value is -2.49. The van der Waals surface area contributed by atoms with Crippen molar-refractivity contribution in [2.75, 3.05) is 12.4 Å². The molecule has 1 aliphatic heterocycles. The van der Waals surface area contributed by atoms with Crippen LogP contribution in [0.4, 0.5) is 5.69 Å². The van der Waals surface area contributed by atoms with Gasteiger partial charge in [0, 0.05) is 18.3 Å². The highest BCUT2D eigenvalue weighted by molar-refractivity contribution is 6.02. The van der Waals surface area contributed by atoms with Crippen LogP contribution in [0.5, 0.6) is 5.75 Å². The number of rotatable bonds is 3. The van der Waals surface area contributed by atoms with Crippen LogP contribution in [-0.2, 0) is 5.66 Å². The average Bonchev–Trinajstić information content (AvgIpc) is 2.52. The summed E-state index contributed by atoms with van der Waals surface area (Å²) in [5.74, 6) is 0.817. The highest BCUT2D eigenvalue weighted by atomic mass is 16.5. The molecule has 2 aromatic rings. The molecule has 1 unspecified atom stereocenters. The van der Waals surface area contributed by atoms with Gasteiger partial charge < -0.3 is 15.0 Å². The molecule has 2 aromatic carbocycles. The molecule has 0 bridgehead atoms. The van der Waals surface area contributed by atoms with E-state index in [1.807, 2.05) is 76.3 Å². The molecule has 0 fully saturated rings. The van der Waals surface area contributed by atoms with Gasteiger partial charge in [0.1, 0.15) is 11.4 Å². The lowest BCUT2D eigenvalue weighted by atomic mass is 9.94. The number of nitrogens with one attached hydrogen (secondary N) is 1. The Bertz CT molecular complexity index is 742. The fourth-order valence-electron chi connectivity index (χ4n) is 2.92. The smallest absolute Gasteiger partial charge is 0.257 e. The molecule has 0 radical (unpaired) electrons. The monoisotopic (exact) mass is 310 g/mol. The second kappa shape index (κ2) is 5.61. The number of nitrogens with zero attached hydrogens (tertiary/aromatic N) is 1. The molecular weight excluding hydrogens is 288 g/mol. The minimum absolute atomic E-state index is 0.0111. The number of benzene rings is 2. The third kappa shape index (κ3) is 2.65. The third-order valence-corrected chi connectivity index (χ3v) is 4.28. The van der Waals surface area contributed by atoms with E-state index in [0.29, 0.717) is 5.56 Å². The van der Waals surface area contributed by atoms with Gasteiger partial charge in [-0.05, 0) is 45.0 Å². The lowest BCUT2D eigenvalue weighted by Gasteiger charge is -2.44. The van der Waals surface area contributed by atoms with Crippen LogP contribution in [0.1, 0.15) is 36.7 Å². The van der Waals surface area contributed by atoms with E-state index in [1.165, 1.54) is 0 Å². The van der Waals surface area contributed by atoms with Crippen LogP contribution in [0.2, 0.25) is 0 Å².